The van der Waals surface area contributed by atoms with Crippen molar-refractivity contribution in [3.05, 3.63) is 53.6 Å². The molecule has 0 saturated carbocycles. The Morgan fingerprint density at radius 3 is 2.24 bits per heavy atom. The van der Waals surface area contributed by atoms with Crippen LogP contribution in [0.15, 0.2) is 42.5 Å². The fourth-order valence-electron chi connectivity index (χ4n) is 3.51. The normalized spacial score (nSPS) is 16.0. The van der Waals surface area contributed by atoms with Crippen LogP contribution in [0.2, 0.25) is 0 Å². The number of aliphatic hydroxyl groups is 1. The molecule has 184 valence electrons. The van der Waals surface area contributed by atoms with Gasteiger partial charge in [-0.05, 0) is 54.2 Å². The van der Waals surface area contributed by atoms with E-state index >= 15 is 0 Å². The topological polar surface area (TPSA) is 135 Å². The van der Waals surface area contributed by atoms with Gasteiger partial charge in [0.05, 0.1) is 0 Å². The highest BCUT2D eigenvalue weighted by atomic mass is 16.8. The van der Waals surface area contributed by atoms with Gasteiger partial charge in [0.1, 0.15) is 18.5 Å². The molecule has 9 heteroatoms. The van der Waals surface area contributed by atoms with Crippen molar-refractivity contribution in [2.24, 2.45) is 0 Å². The molecule has 9 nitrogen and oxygen atoms in total. The van der Waals surface area contributed by atoms with Gasteiger partial charge in [-0.3, -0.25) is 0 Å². The summed E-state index contributed by atoms with van der Waals surface area (Å²) in [6.45, 7) is 8.81. The van der Waals surface area contributed by atoms with Gasteiger partial charge in [0.15, 0.2) is 11.5 Å². The molecule has 0 aliphatic carbocycles. The van der Waals surface area contributed by atoms with Gasteiger partial charge in [-0.1, -0.05) is 39.0 Å². The van der Waals surface area contributed by atoms with E-state index in [0.29, 0.717) is 18.7 Å². The maximum Gasteiger partial charge on any atom is 0.453 e. The lowest BCUT2D eigenvalue weighted by Crippen LogP contribution is -2.54. The molecular weight excluding hydrogens is 442 g/mol. The van der Waals surface area contributed by atoms with Crippen molar-refractivity contribution in [2.75, 3.05) is 13.2 Å². The van der Waals surface area contributed by atoms with Crippen molar-refractivity contribution in [1.29, 1.82) is 0 Å². The van der Waals surface area contributed by atoms with Gasteiger partial charge < -0.3 is 34.8 Å². The Kier molecular flexibility index (Phi) is 7.38. The molecule has 2 aromatic carbocycles. The molecule has 2 aromatic rings. The van der Waals surface area contributed by atoms with E-state index in [1.54, 1.807) is 12.1 Å². The standard InChI is InChI=1S/C25H31NO8/c1-15(26-13-18(27)14-32-19-8-6-17(7-9-19)24(2,3)4)11-16-5-10-20-21(12-16)34-25(33-20,22(28)29)23(30)31/h5-10,12,15,18,26-27H,11,13-14H2,1-4H3,(H,28,29)(H,30,31). The molecule has 0 aromatic heterocycles. The van der Waals surface area contributed by atoms with Crippen molar-refractivity contribution in [2.45, 2.75) is 57.5 Å². The van der Waals surface area contributed by atoms with Crippen molar-refractivity contribution in [3.8, 4) is 17.2 Å². The van der Waals surface area contributed by atoms with E-state index < -0.39 is 23.8 Å². The lowest BCUT2D eigenvalue weighted by atomic mass is 9.87. The number of rotatable bonds is 10. The number of hydrogen-bond acceptors (Lipinski definition) is 7. The Labute approximate surface area is 198 Å². The van der Waals surface area contributed by atoms with Crippen LogP contribution in [-0.4, -0.2) is 58.3 Å². The van der Waals surface area contributed by atoms with Gasteiger partial charge in [0, 0.05) is 12.6 Å². The van der Waals surface area contributed by atoms with Crippen molar-refractivity contribution >= 4 is 11.9 Å². The van der Waals surface area contributed by atoms with E-state index in [4.69, 9.17) is 14.2 Å². The fourth-order valence-corrected chi connectivity index (χ4v) is 3.51. The number of benzene rings is 2. The highest BCUT2D eigenvalue weighted by molar-refractivity contribution is 6.01. The van der Waals surface area contributed by atoms with Crippen molar-refractivity contribution in [3.63, 3.8) is 0 Å². The second kappa shape index (κ2) is 9.90. The van der Waals surface area contributed by atoms with Gasteiger partial charge in [0.2, 0.25) is 0 Å². The zero-order valence-corrected chi connectivity index (χ0v) is 19.7. The summed E-state index contributed by atoms with van der Waals surface area (Å²) in [5.74, 6) is -5.46. The van der Waals surface area contributed by atoms with Crippen LogP contribution in [0.25, 0.3) is 0 Å². The minimum absolute atomic E-state index is 0.0372. The Bertz CT molecular complexity index is 1010. The predicted octanol–water partition coefficient (Wildman–Crippen LogP) is 2.58. The predicted molar refractivity (Wildman–Crippen MR) is 124 cm³/mol. The lowest BCUT2D eigenvalue weighted by Gasteiger charge is -2.20. The van der Waals surface area contributed by atoms with E-state index in [2.05, 4.69) is 26.1 Å². The largest absolute Gasteiger partial charge is 0.491 e. The van der Waals surface area contributed by atoms with Gasteiger partial charge in [-0.2, -0.15) is 0 Å². The first kappa shape index (κ1) is 25.3. The third-order valence-electron chi connectivity index (χ3n) is 5.49. The number of nitrogens with one attached hydrogen (secondary N) is 1. The number of carboxylic acid groups (broad SMARTS) is 2. The smallest absolute Gasteiger partial charge is 0.453 e. The van der Waals surface area contributed by atoms with Crippen LogP contribution in [0.1, 0.15) is 38.8 Å². The van der Waals surface area contributed by atoms with Crippen LogP contribution in [-0.2, 0) is 21.4 Å². The Morgan fingerprint density at radius 2 is 1.65 bits per heavy atom. The highest BCUT2D eigenvalue weighted by Crippen LogP contribution is 2.40. The maximum absolute atomic E-state index is 11.4. The molecule has 3 rings (SSSR count). The zero-order valence-electron chi connectivity index (χ0n) is 19.7. The molecule has 1 heterocycles. The molecule has 1 aliphatic heterocycles. The monoisotopic (exact) mass is 473 g/mol. The summed E-state index contributed by atoms with van der Waals surface area (Å²) >= 11 is 0. The molecule has 0 spiro atoms. The number of aliphatic hydroxyl groups excluding tert-OH is 1. The summed E-state index contributed by atoms with van der Waals surface area (Å²) in [6, 6.07) is 12.5. The molecule has 0 radical (unpaired) electrons. The molecule has 4 N–H and O–H groups in total. The molecular formula is C25H31NO8. The molecule has 2 unspecified atom stereocenters. The summed E-state index contributed by atoms with van der Waals surface area (Å²) in [6.07, 6.45) is -0.181. The minimum atomic E-state index is -2.78. The van der Waals surface area contributed by atoms with E-state index in [0.717, 1.165) is 5.56 Å². The molecule has 1 aliphatic rings. The Balaban J connectivity index is 1.47. The number of aliphatic carboxylic acids is 2. The van der Waals surface area contributed by atoms with Gasteiger partial charge >= 0.3 is 17.7 Å². The molecule has 34 heavy (non-hydrogen) atoms. The summed E-state index contributed by atoms with van der Waals surface area (Å²) < 4.78 is 15.9. The molecule has 2 atom stereocenters. The molecule has 0 saturated heterocycles. The summed E-state index contributed by atoms with van der Waals surface area (Å²) in [5, 5.41) is 31.9. The van der Waals surface area contributed by atoms with Crippen LogP contribution in [0.3, 0.4) is 0 Å². The number of hydrogen-bond donors (Lipinski definition) is 4. The van der Waals surface area contributed by atoms with Gasteiger partial charge in [-0.25, -0.2) is 9.59 Å². The first-order valence-electron chi connectivity index (χ1n) is 11.0. The zero-order chi connectivity index (χ0) is 25.1. The van der Waals surface area contributed by atoms with Gasteiger partial charge in [0.25, 0.3) is 0 Å². The second-order valence-corrected chi connectivity index (χ2v) is 9.46. The number of carboxylic acids is 2. The Hall–Kier alpha value is -3.30. The summed E-state index contributed by atoms with van der Waals surface area (Å²) in [4.78, 5) is 22.7. The fraction of sp³-hybridized carbons (Fsp3) is 0.440. The molecule has 0 amide bonds. The molecule has 0 fully saturated rings. The summed E-state index contributed by atoms with van der Waals surface area (Å²) in [5.41, 5.74) is 2.06. The molecule has 0 bridgehead atoms. The van der Waals surface area contributed by atoms with Crippen LogP contribution in [0.4, 0.5) is 0 Å². The third-order valence-corrected chi connectivity index (χ3v) is 5.49. The van der Waals surface area contributed by atoms with Crippen LogP contribution in [0, 0.1) is 0 Å². The van der Waals surface area contributed by atoms with Gasteiger partial charge in [-0.15, -0.1) is 0 Å². The highest BCUT2D eigenvalue weighted by Gasteiger charge is 2.57. The number of ether oxygens (including phenoxy) is 3. The van der Waals surface area contributed by atoms with Crippen molar-refractivity contribution in [1.82, 2.24) is 5.32 Å². The lowest BCUT2D eigenvalue weighted by molar-refractivity contribution is -0.194. The first-order valence-corrected chi connectivity index (χ1v) is 11.0. The summed E-state index contributed by atoms with van der Waals surface area (Å²) in [7, 11) is 0. The quantitative estimate of drug-likeness (QED) is 0.384. The maximum atomic E-state index is 11.4. The average molecular weight is 474 g/mol. The minimum Gasteiger partial charge on any atom is -0.491 e. The van der Waals surface area contributed by atoms with Crippen molar-refractivity contribution < 1.29 is 39.1 Å². The van der Waals surface area contributed by atoms with E-state index in [1.807, 2.05) is 31.2 Å². The first-order chi connectivity index (χ1) is 15.9. The third kappa shape index (κ3) is 5.78. The van der Waals surface area contributed by atoms with E-state index in [1.165, 1.54) is 11.6 Å². The average Bonchev–Trinajstić information content (AvgIpc) is 3.16. The van der Waals surface area contributed by atoms with Crippen LogP contribution in [0.5, 0.6) is 17.2 Å². The SMILES string of the molecule is CC(Cc1ccc2c(c1)OC(C(=O)O)(C(=O)O)O2)NCC(O)COc1ccc(C(C)(C)C)cc1. The van der Waals surface area contributed by atoms with Crippen LogP contribution >= 0.6 is 0 Å². The second-order valence-electron chi connectivity index (χ2n) is 9.46. The Morgan fingerprint density at radius 1 is 1.03 bits per heavy atom. The van der Waals surface area contributed by atoms with Crippen LogP contribution < -0.4 is 19.5 Å². The number of fused-ring (bicyclic) bond motifs is 1. The number of carbonyl (C=O) groups is 2. The van der Waals surface area contributed by atoms with E-state index in [9.17, 15) is 24.9 Å². The van der Waals surface area contributed by atoms with E-state index in [-0.39, 0.29) is 29.6 Å².